The van der Waals surface area contributed by atoms with Crippen molar-refractivity contribution in [2.45, 2.75) is 46.3 Å². The summed E-state index contributed by atoms with van der Waals surface area (Å²) in [7, 11) is 0. The largest absolute Gasteiger partial charge is 0.466 e. The van der Waals surface area contributed by atoms with Crippen LogP contribution in [0.1, 0.15) is 54.9 Å². The number of hydrogen-bond acceptors (Lipinski definition) is 5. The Balaban J connectivity index is 1.63. The summed E-state index contributed by atoms with van der Waals surface area (Å²) in [6.45, 7) is 7.69. The molecule has 0 aliphatic rings. The molecule has 2 amide bonds. The lowest BCUT2D eigenvalue weighted by atomic mass is 10.1. The number of aromatic amines is 1. The number of fused-ring (bicyclic) bond motifs is 1. The molecule has 35 heavy (non-hydrogen) atoms. The van der Waals surface area contributed by atoms with Gasteiger partial charge in [0.25, 0.3) is 5.91 Å². The Hall–Kier alpha value is -4.14. The van der Waals surface area contributed by atoms with E-state index in [1.54, 1.807) is 52.0 Å². The van der Waals surface area contributed by atoms with Crippen molar-refractivity contribution in [1.29, 1.82) is 0 Å². The van der Waals surface area contributed by atoms with Crippen LogP contribution in [0.15, 0.2) is 53.5 Å². The van der Waals surface area contributed by atoms with Gasteiger partial charge in [-0.2, -0.15) is 4.99 Å². The summed E-state index contributed by atoms with van der Waals surface area (Å²) in [6.07, 6.45) is -0.553. The summed E-state index contributed by atoms with van der Waals surface area (Å²) in [4.78, 5) is 43.0. The third kappa shape index (κ3) is 7.43. The van der Waals surface area contributed by atoms with Crippen LogP contribution in [0.3, 0.4) is 0 Å². The van der Waals surface area contributed by atoms with E-state index in [1.807, 2.05) is 24.3 Å². The number of rotatable bonds is 7. The first kappa shape index (κ1) is 25.5. The Labute approximate surface area is 203 Å². The number of carbonyl (C=O) groups excluding carboxylic acids is 3. The van der Waals surface area contributed by atoms with Crippen molar-refractivity contribution in [2.24, 2.45) is 10.7 Å². The second kappa shape index (κ2) is 10.9. The van der Waals surface area contributed by atoms with Gasteiger partial charge in [-0.25, -0.2) is 4.79 Å². The number of aromatic nitrogens is 1. The number of nitrogens with one attached hydrogen (secondary N) is 2. The third-order valence-electron chi connectivity index (χ3n) is 4.90. The lowest BCUT2D eigenvalue weighted by Crippen LogP contribution is -2.24. The van der Waals surface area contributed by atoms with Crippen LogP contribution in [0.4, 0.5) is 4.79 Å². The van der Waals surface area contributed by atoms with E-state index < -0.39 is 11.7 Å². The molecule has 0 fully saturated rings. The molecule has 0 atom stereocenters. The minimum absolute atomic E-state index is 0.0276. The van der Waals surface area contributed by atoms with Crippen LogP contribution in [0, 0.1) is 0 Å². The standard InChI is InChI=1S/C26H30N4O5/c1-5-34-22(31)12-16-6-8-17(9-7-16)15-28-24(32)21-14-19-13-18(10-11-20(19)29-21)23(27)30-25(33)35-26(2,3)4/h6-11,13-14,29H,5,12,15H2,1-4H3,(H,28,32)(H2,27,30,33). The first-order valence-electron chi connectivity index (χ1n) is 11.3. The first-order chi connectivity index (χ1) is 16.5. The maximum absolute atomic E-state index is 12.7. The predicted octanol–water partition coefficient (Wildman–Crippen LogP) is 3.84. The molecule has 9 nitrogen and oxygen atoms in total. The van der Waals surface area contributed by atoms with Crippen molar-refractivity contribution in [3.05, 3.63) is 70.9 Å². The van der Waals surface area contributed by atoms with Gasteiger partial charge in [0.2, 0.25) is 0 Å². The third-order valence-corrected chi connectivity index (χ3v) is 4.90. The van der Waals surface area contributed by atoms with Crippen molar-refractivity contribution in [1.82, 2.24) is 10.3 Å². The number of ether oxygens (including phenoxy) is 2. The molecule has 4 N–H and O–H groups in total. The molecule has 0 unspecified atom stereocenters. The minimum atomic E-state index is -0.766. The van der Waals surface area contributed by atoms with Crippen LogP contribution in [0.25, 0.3) is 10.9 Å². The number of H-pyrrole nitrogens is 1. The molecule has 0 bridgehead atoms. The number of nitrogens with zero attached hydrogens (tertiary/aromatic N) is 1. The van der Waals surface area contributed by atoms with E-state index in [4.69, 9.17) is 15.2 Å². The van der Waals surface area contributed by atoms with Gasteiger partial charge in [0.05, 0.1) is 13.0 Å². The highest BCUT2D eigenvalue weighted by Gasteiger charge is 2.17. The average Bonchev–Trinajstić information content (AvgIpc) is 3.21. The fourth-order valence-electron chi connectivity index (χ4n) is 3.29. The second-order valence-electron chi connectivity index (χ2n) is 8.94. The molecule has 3 aromatic rings. The monoisotopic (exact) mass is 478 g/mol. The predicted molar refractivity (Wildman–Crippen MR) is 133 cm³/mol. The van der Waals surface area contributed by atoms with Gasteiger partial charge in [-0.1, -0.05) is 24.3 Å². The Morgan fingerprint density at radius 3 is 2.37 bits per heavy atom. The quantitative estimate of drug-likeness (QED) is 0.268. The average molecular weight is 479 g/mol. The molecule has 0 spiro atoms. The van der Waals surface area contributed by atoms with Crippen molar-refractivity contribution < 1.29 is 23.9 Å². The summed E-state index contributed by atoms with van der Waals surface area (Å²) in [5, 5.41) is 3.62. The van der Waals surface area contributed by atoms with Crippen LogP contribution in [-0.4, -0.2) is 41.0 Å². The summed E-state index contributed by atoms with van der Waals surface area (Å²) < 4.78 is 10.1. The highest BCUT2D eigenvalue weighted by Crippen LogP contribution is 2.18. The maximum Gasteiger partial charge on any atom is 0.436 e. The molecule has 0 radical (unpaired) electrons. The normalized spacial score (nSPS) is 11.8. The van der Waals surface area contributed by atoms with Crippen LogP contribution in [0.5, 0.6) is 0 Å². The fourth-order valence-corrected chi connectivity index (χ4v) is 3.29. The van der Waals surface area contributed by atoms with Crippen molar-refractivity contribution in [3.8, 4) is 0 Å². The van der Waals surface area contributed by atoms with Gasteiger partial charge in [0.1, 0.15) is 17.1 Å². The molecule has 1 aromatic heterocycles. The molecule has 0 saturated heterocycles. The van der Waals surface area contributed by atoms with Crippen molar-refractivity contribution in [2.75, 3.05) is 6.61 Å². The maximum atomic E-state index is 12.7. The smallest absolute Gasteiger partial charge is 0.436 e. The molecule has 1 heterocycles. The van der Waals surface area contributed by atoms with E-state index in [1.165, 1.54) is 0 Å². The number of hydrogen-bond donors (Lipinski definition) is 3. The number of carbonyl (C=O) groups is 3. The number of benzene rings is 2. The second-order valence-corrected chi connectivity index (χ2v) is 8.94. The van der Waals surface area contributed by atoms with Crippen LogP contribution >= 0.6 is 0 Å². The lowest BCUT2D eigenvalue weighted by molar-refractivity contribution is -0.142. The summed E-state index contributed by atoms with van der Waals surface area (Å²) in [6, 6.07) is 14.3. The number of nitrogens with two attached hydrogens (primary N) is 1. The molecular formula is C26H30N4O5. The van der Waals surface area contributed by atoms with Crippen molar-refractivity contribution in [3.63, 3.8) is 0 Å². The topological polar surface area (TPSA) is 136 Å². The van der Waals surface area contributed by atoms with Crippen LogP contribution in [0.2, 0.25) is 0 Å². The van der Waals surface area contributed by atoms with Gasteiger partial charge < -0.3 is 25.5 Å². The Kier molecular flexibility index (Phi) is 7.91. The molecule has 3 rings (SSSR count). The lowest BCUT2D eigenvalue weighted by Gasteiger charge is -2.17. The number of amidine groups is 1. The fraction of sp³-hybridized carbons (Fsp3) is 0.308. The Morgan fingerprint density at radius 2 is 1.71 bits per heavy atom. The zero-order valence-corrected chi connectivity index (χ0v) is 20.3. The van der Waals surface area contributed by atoms with E-state index in [0.29, 0.717) is 24.4 Å². The molecule has 9 heteroatoms. The summed E-state index contributed by atoms with van der Waals surface area (Å²) in [5.74, 6) is -0.512. The van der Waals surface area contributed by atoms with E-state index in [9.17, 15) is 14.4 Å². The first-order valence-corrected chi connectivity index (χ1v) is 11.3. The molecule has 0 aliphatic carbocycles. The zero-order chi connectivity index (χ0) is 25.6. The van der Waals surface area contributed by atoms with Gasteiger partial charge in [-0.3, -0.25) is 9.59 Å². The summed E-state index contributed by atoms with van der Waals surface area (Å²) in [5.41, 5.74) is 8.72. The molecule has 0 saturated carbocycles. The van der Waals surface area contributed by atoms with Gasteiger partial charge in [-0.15, -0.1) is 0 Å². The highest BCUT2D eigenvalue weighted by atomic mass is 16.6. The molecule has 0 aliphatic heterocycles. The van der Waals surface area contributed by atoms with E-state index in [2.05, 4.69) is 15.3 Å². The van der Waals surface area contributed by atoms with Gasteiger partial charge in [0.15, 0.2) is 0 Å². The summed E-state index contributed by atoms with van der Waals surface area (Å²) >= 11 is 0. The highest BCUT2D eigenvalue weighted by molar-refractivity contribution is 6.06. The van der Waals surface area contributed by atoms with Gasteiger partial charge in [0, 0.05) is 23.0 Å². The zero-order valence-electron chi connectivity index (χ0n) is 20.3. The Morgan fingerprint density at radius 1 is 1.03 bits per heavy atom. The number of amides is 2. The van der Waals surface area contributed by atoms with E-state index in [0.717, 1.165) is 22.0 Å². The molecular weight excluding hydrogens is 448 g/mol. The minimum Gasteiger partial charge on any atom is -0.466 e. The Bertz CT molecular complexity index is 1250. The molecule has 184 valence electrons. The number of esters is 1. The van der Waals surface area contributed by atoms with E-state index in [-0.39, 0.29) is 24.1 Å². The van der Waals surface area contributed by atoms with E-state index >= 15 is 0 Å². The van der Waals surface area contributed by atoms with Crippen LogP contribution in [-0.2, 0) is 27.2 Å². The van der Waals surface area contributed by atoms with Gasteiger partial charge in [-0.05, 0) is 63.1 Å². The van der Waals surface area contributed by atoms with Crippen LogP contribution < -0.4 is 11.1 Å². The van der Waals surface area contributed by atoms with Crippen molar-refractivity contribution >= 4 is 34.7 Å². The van der Waals surface area contributed by atoms with Gasteiger partial charge >= 0.3 is 12.1 Å². The SMILES string of the molecule is CCOC(=O)Cc1ccc(CNC(=O)c2cc3cc(/C(N)=N/C(=O)OC(C)(C)C)ccc3[nH]2)cc1. The number of aliphatic imine (C=N–C) groups is 1. The molecule has 2 aromatic carbocycles.